The highest BCUT2D eigenvalue weighted by atomic mass is 16.5. The summed E-state index contributed by atoms with van der Waals surface area (Å²) >= 11 is 0. The van der Waals surface area contributed by atoms with Gasteiger partial charge in [0.15, 0.2) is 0 Å². The summed E-state index contributed by atoms with van der Waals surface area (Å²) in [6.07, 6.45) is 0.204. The van der Waals surface area contributed by atoms with Crippen molar-refractivity contribution in [1.29, 1.82) is 0 Å². The quantitative estimate of drug-likeness (QED) is 0.508. The molecule has 0 unspecified atom stereocenters. The lowest BCUT2D eigenvalue weighted by atomic mass is 9.63. The summed E-state index contributed by atoms with van der Waals surface area (Å²) in [7, 11) is 1.26. The minimum atomic E-state index is -1.04. The number of methoxy groups -OCH3 is 1. The minimum Gasteiger partial charge on any atom is -0.468 e. The lowest BCUT2D eigenvalue weighted by molar-refractivity contribution is -0.172. The molecular weight excluding hydrogens is 172 g/mol. The Bertz CT molecular complexity index is 210. The van der Waals surface area contributed by atoms with Crippen LogP contribution in [0.5, 0.6) is 0 Å². The van der Waals surface area contributed by atoms with Gasteiger partial charge in [0.2, 0.25) is 0 Å². The van der Waals surface area contributed by atoms with Crippen molar-refractivity contribution in [2.24, 2.45) is 5.41 Å². The first kappa shape index (κ1) is 10.2. The van der Waals surface area contributed by atoms with Gasteiger partial charge in [-0.25, -0.2) is 0 Å². The number of esters is 1. The van der Waals surface area contributed by atoms with Crippen molar-refractivity contribution in [1.82, 2.24) is 0 Å². The summed E-state index contributed by atoms with van der Waals surface area (Å²) in [6, 6.07) is 0. The average molecular weight is 186 g/mol. The first-order valence-electron chi connectivity index (χ1n) is 4.36. The molecule has 0 radical (unpaired) electrons. The molecular formula is C9H14O4. The molecule has 4 nitrogen and oxygen atoms in total. The second-order valence-electron chi connectivity index (χ2n) is 3.41. The molecule has 0 aromatic rings. The first-order chi connectivity index (χ1) is 6.06. The maximum atomic E-state index is 11.4. The lowest BCUT2D eigenvalue weighted by Gasteiger charge is -2.40. The number of rotatable bonds is 3. The van der Waals surface area contributed by atoms with E-state index in [1.54, 1.807) is 6.92 Å². The summed E-state index contributed by atoms with van der Waals surface area (Å²) in [6.45, 7) is 1.71. The number of carbonyl (C=O) groups excluding carboxylic acids is 2. The zero-order valence-electron chi connectivity index (χ0n) is 7.87. The van der Waals surface area contributed by atoms with E-state index in [0.29, 0.717) is 6.42 Å². The van der Waals surface area contributed by atoms with Gasteiger partial charge in [-0.05, 0) is 12.8 Å². The fraction of sp³-hybridized carbons (Fsp3) is 0.778. The molecule has 0 spiro atoms. The monoisotopic (exact) mass is 186 g/mol. The van der Waals surface area contributed by atoms with Crippen molar-refractivity contribution in [2.45, 2.75) is 32.3 Å². The number of Topliss-reactive ketones (excluding diaryl/α,β-unsaturated/α-hetero) is 1. The number of aliphatic hydroxyl groups excluding tert-OH is 1. The van der Waals surface area contributed by atoms with Gasteiger partial charge in [-0.3, -0.25) is 9.59 Å². The maximum absolute atomic E-state index is 11.4. The Balaban J connectivity index is 2.78. The molecule has 0 atom stereocenters. The summed E-state index contributed by atoms with van der Waals surface area (Å²) < 4.78 is 4.56. The number of ether oxygens (including phenoxy) is 1. The molecule has 1 aliphatic rings. The Kier molecular flexibility index (Phi) is 2.71. The Morgan fingerprint density at radius 3 is 2.38 bits per heavy atom. The van der Waals surface area contributed by atoms with E-state index in [9.17, 15) is 9.59 Å². The van der Waals surface area contributed by atoms with E-state index in [1.165, 1.54) is 7.11 Å². The molecule has 74 valence electrons. The van der Waals surface area contributed by atoms with E-state index >= 15 is 0 Å². The van der Waals surface area contributed by atoms with Crippen molar-refractivity contribution in [3.8, 4) is 0 Å². The van der Waals surface area contributed by atoms with E-state index in [2.05, 4.69) is 4.74 Å². The van der Waals surface area contributed by atoms with Gasteiger partial charge in [-0.2, -0.15) is 0 Å². The fourth-order valence-electron chi connectivity index (χ4n) is 1.79. The molecule has 0 saturated heterocycles. The second kappa shape index (κ2) is 3.46. The molecule has 0 bridgehead atoms. The third-order valence-electron chi connectivity index (χ3n) is 2.60. The van der Waals surface area contributed by atoms with Crippen molar-refractivity contribution >= 4 is 11.8 Å². The van der Waals surface area contributed by atoms with Gasteiger partial charge in [0.05, 0.1) is 13.2 Å². The van der Waals surface area contributed by atoms with Crippen molar-refractivity contribution < 1.29 is 19.4 Å². The summed E-state index contributed by atoms with van der Waals surface area (Å²) in [5.74, 6) is -0.644. The highest BCUT2D eigenvalue weighted by Crippen LogP contribution is 2.43. The summed E-state index contributed by atoms with van der Waals surface area (Å²) in [5.41, 5.74) is -1.04. The molecule has 1 fully saturated rings. The van der Waals surface area contributed by atoms with Crippen LogP contribution in [-0.2, 0) is 14.3 Å². The van der Waals surface area contributed by atoms with Crippen molar-refractivity contribution in [2.75, 3.05) is 7.11 Å². The normalized spacial score (nSPS) is 32.1. The molecule has 0 amide bonds. The number of aliphatic hydroxyl groups is 1. The summed E-state index contributed by atoms with van der Waals surface area (Å²) in [5, 5.41) is 9.11. The van der Waals surface area contributed by atoms with E-state index in [4.69, 9.17) is 5.11 Å². The Hall–Kier alpha value is -0.900. The van der Waals surface area contributed by atoms with E-state index in [-0.39, 0.29) is 18.6 Å². The van der Waals surface area contributed by atoms with Crippen LogP contribution in [0.4, 0.5) is 0 Å². The molecule has 1 N–H and O–H groups in total. The van der Waals surface area contributed by atoms with Gasteiger partial charge >= 0.3 is 5.97 Å². The van der Waals surface area contributed by atoms with Crippen LogP contribution in [0.15, 0.2) is 0 Å². The Morgan fingerprint density at radius 2 is 2.08 bits per heavy atom. The number of hydrogen-bond acceptors (Lipinski definition) is 4. The van der Waals surface area contributed by atoms with Crippen molar-refractivity contribution in [3.63, 3.8) is 0 Å². The Labute approximate surface area is 76.9 Å². The van der Waals surface area contributed by atoms with E-state index < -0.39 is 17.5 Å². The predicted octanol–water partition coefficient (Wildman–Crippen LogP) is 0.280. The minimum absolute atomic E-state index is 0.135. The summed E-state index contributed by atoms with van der Waals surface area (Å²) in [4.78, 5) is 22.8. The van der Waals surface area contributed by atoms with Crippen LogP contribution in [0.3, 0.4) is 0 Å². The SMILES string of the molecule is CCC(=O)C1(C(=O)OC)CC(O)C1. The van der Waals surface area contributed by atoms with E-state index in [1.807, 2.05) is 0 Å². The van der Waals surface area contributed by atoms with Crippen LogP contribution >= 0.6 is 0 Å². The molecule has 1 saturated carbocycles. The Morgan fingerprint density at radius 1 is 1.54 bits per heavy atom. The van der Waals surface area contributed by atoms with Gasteiger partial charge in [0.1, 0.15) is 11.2 Å². The average Bonchev–Trinajstić information content (AvgIpc) is 2.09. The molecule has 4 heteroatoms. The van der Waals surface area contributed by atoms with Crippen LogP contribution in [-0.4, -0.2) is 30.1 Å². The van der Waals surface area contributed by atoms with Crippen LogP contribution in [0.2, 0.25) is 0 Å². The van der Waals surface area contributed by atoms with Crippen LogP contribution in [0.25, 0.3) is 0 Å². The standard InChI is InChI=1S/C9H14O4/c1-3-7(11)9(8(12)13-2)4-6(10)5-9/h6,10H,3-5H2,1-2H3. The second-order valence-corrected chi connectivity index (χ2v) is 3.41. The maximum Gasteiger partial charge on any atom is 0.319 e. The molecule has 13 heavy (non-hydrogen) atoms. The number of carbonyl (C=O) groups is 2. The molecule has 0 aliphatic heterocycles. The van der Waals surface area contributed by atoms with Gasteiger partial charge in [-0.1, -0.05) is 6.92 Å². The molecule has 0 aromatic heterocycles. The largest absolute Gasteiger partial charge is 0.468 e. The molecule has 1 rings (SSSR count). The van der Waals surface area contributed by atoms with Gasteiger partial charge in [0, 0.05) is 6.42 Å². The zero-order chi connectivity index (χ0) is 10.1. The van der Waals surface area contributed by atoms with E-state index in [0.717, 1.165) is 0 Å². The van der Waals surface area contributed by atoms with Crippen LogP contribution in [0, 0.1) is 5.41 Å². The van der Waals surface area contributed by atoms with Gasteiger partial charge < -0.3 is 9.84 Å². The zero-order valence-corrected chi connectivity index (χ0v) is 7.87. The van der Waals surface area contributed by atoms with Crippen molar-refractivity contribution in [3.05, 3.63) is 0 Å². The number of hydrogen-bond donors (Lipinski definition) is 1. The first-order valence-corrected chi connectivity index (χ1v) is 4.36. The molecule has 0 aromatic carbocycles. The lowest BCUT2D eigenvalue weighted by Crippen LogP contribution is -2.52. The smallest absolute Gasteiger partial charge is 0.319 e. The molecule has 0 heterocycles. The van der Waals surface area contributed by atoms with Crippen LogP contribution < -0.4 is 0 Å². The third kappa shape index (κ3) is 1.46. The highest BCUT2D eigenvalue weighted by molar-refractivity contribution is 6.04. The topological polar surface area (TPSA) is 63.6 Å². The highest BCUT2D eigenvalue weighted by Gasteiger charge is 2.55. The number of ketones is 1. The molecule has 1 aliphatic carbocycles. The predicted molar refractivity (Wildman–Crippen MR) is 45.0 cm³/mol. The van der Waals surface area contributed by atoms with Crippen LogP contribution in [0.1, 0.15) is 26.2 Å². The third-order valence-corrected chi connectivity index (χ3v) is 2.60. The van der Waals surface area contributed by atoms with Gasteiger partial charge in [0.25, 0.3) is 0 Å². The fourth-order valence-corrected chi connectivity index (χ4v) is 1.79. The van der Waals surface area contributed by atoms with Gasteiger partial charge in [-0.15, -0.1) is 0 Å².